The second kappa shape index (κ2) is 9.33. The molecule has 0 aromatic heterocycles. The molecular formula is C22H26N2O3. The van der Waals surface area contributed by atoms with Gasteiger partial charge in [0.05, 0.1) is 19.8 Å². The fourth-order valence-corrected chi connectivity index (χ4v) is 3.06. The Morgan fingerprint density at radius 2 is 1.67 bits per heavy atom. The highest BCUT2D eigenvalue weighted by Crippen LogP contribution is 2.16. The highest BCUT2D eigenvalue weighted by Gasteiger charge is 2.13. The highest BCUT2D eigenvalue weighted by atomic mass is 16.5. The summed E-state index contributed by atoms with van der Waals surface area (Å²) in [6.07, 6.45) is 1.06. The molecule has 0 spiro atoms. The zero-order valence-electron chi connectivity index (χ0n) is 15.7. The average molecular weight is 366 g/mol. The minimum Gasteiger partial charge on any atom is -0.378 e. The van der Waals surface area contributed by atoms with Crippen LogP contribution in [0.5, 0.6) is 0 Å². The molecule has 0 saturated carbocycles. The number of ether oxygens (including phenoxy) is 1. The van der Waals surface area contributed by atoms with Crippen molar-refractivity contribution in [3.63, 3.8) is 0 Å². The van der Waals surface area contributed by atoms with Crippen LogP contribution >= 0.6 is 0 Å². The predicted octanol–water partition coefficient (Wildman–Crippen LogP) is 2.76. The second-order valence-electron chi connectivity index (χ2n) is 6.83. The molecule has 2 aromatic carbocycles. The highest BCUT2D eigenvalue weighted by molar-refractivity contribution is 5.99. The third kappa shape index (κ3) is 5.66. The number of Topliss-reactive ketones (excluding diaryl/α,β-unsaturated/α-hetero) is 1. The van der Waals surface area contributed by atoms with Crippen molar-refractivity contribution in [2.24, 2.45) is 0 Å². The number of carbonyl (C=O) groups excluding carboxylic acids is 2. The SMILES string of the molecule is Cc1ccc(CCC(=O)NCC(=O)c2ccc(N3CCOCC3)cc2)cc1. The van der Waals surface area contributed by atoms with Gasteiger partial charge in [-0.25, -0.2) is 0 Å². The molecule has 5 nitrogen and oxygen atoms in total. The molecule has 0 unspecified atom stereocenters. The summed E-state index contributed by atoms with van der Waals surface area (Å²) >= 11 is 0. The van der Waals surface area contributed by atoms with E-state index in [1.165, 1.54) is 5.56 Å². The minimum atomic E-state index is -0.103. The lowest BCUT2D eigenvalue weighted by molar-refractivity contribution is -0.120. The topological polar surface area (TPSA) is 58.6 Å². The number of aryl methyl sites for hydroxylation is 2. The summed E-state index contributed by atoms with van der Waals surface area (Å²) in [5.74, 6) is -0.180. The number of anilines is 1. The Balaban J connectivity index is 1.44. The molecule has 0 atom stereocenters. The van der Waals surface area contributed by atoms with Crippen LogP contribution in [0, 0.1) is 6.92 Å². The van der Waals surface area contributed by atoms with Gasteiger partial charge in [0.15, 0.2) is 5.78 Å². The maximum Gasteiger partial charge on any atom is 0.220 e. The van der Waals surface area contributed by atoms with Gasteiger partial charge in [-0.15, -0.1) is 0 Å². The van der Waals surface area contributed by atoms with Gasteiger partial charge in [-0.1, -0.05) is 29.8 Å². The van der Waals surface area contributed by atoms with Crippen molar-refractivity contribution >= 4 is 17.4 Å². The molecule has 1 aliphatic rings. The maximum atomic E-state index is 12.3. The molecule has 1 amide bonds. The van der Waals surface area contributed by atoms with E-state index in [2.05, 4.69) is 10.2 Å². The molecule has 2 aromatic rings. The molecule has 1 aliphatic heterocycles. The number of benzene rings is 2. The lowest BCUT2D eigenvalue weighted by Crippen LogP contribution is -2.36. The lowest BCUT2D eigenvalue weighted by atomic mass is 10.1. The van der Waals surface area contributed by atoms with Gasteiger partial charge < -0.3 is 15.0 Å². The molecular weight excluding hydrogens is 340 g/mol. The van der Waals surface area contributed by atoms with Crippen molar-refractivity contribution < 1.29 is 14.3 Å². The van der Waals surface area contributed by atoms with Crippen LogP contribution in [-0.4, -0.2) is 44.5 Å². The van der Waals surface area contributed by atoms with E-state index in [0.29, 0.717) is 18.4 Å². The zero-order chi connectivity index (χ0) is 19.1. The number of ketones is 1. The number of nitrogens with one attached hydrogen (secondary N) is 1. The summed E-state index contributed by atoms with van der Waals surface area (Å²) in [4.78, 5) is 26.5. The van der Waals surface area contributed by atoms with Gasteiger partial charge in [0.2, 0.25) is 5.91 Å². The Morgan fingerprint density at radius 3 is 2.33 bits per heavy atom. The van der Waals surface area contributed by atoms with Crippen molar-refractivity contribution in [3.05, 3.63) is 65.2 Å². The van der Waals surface area contributed by atoms with Crippen LogP contribution < -0.4 is 10.2 Å². The summed E-state index contributed by atoms with van der Waals surface area (Å²) in [7, 11) is 0. The van der Waals surface area contributed by atoms with Crippen LogP contribution in [0.25, 0.3) is 0 Å². The van der Waals surface area contributed by atoms with Gasteiger partial charge in [0.1, 0.15) is 0 Å². The molecule has 27 heavy (non-hydrogen) atoms. The van der Waals surface area contributed by atoms with E-state index in [9.17, 15) is 9.59 Å². The lowest BCUT2D eigenvalue weighted by Gasteiger charge is -2.28. The van der Waals surface area contributed by atoms with Crippen LogP contribution in [0.15, 0.2) is 48.5 Å². The third-order valence-corrected chi connectivity index (χ3v) is 4.77. The van der Waals surface area contributed by atoms with Crippen LogP contribution in [0.2, 0.25) is 0 Å². The minimum absolute atomic E-state index is 0.0314. The fourth-order valence-electron chi connectivity index (χ4n) is 3.06. The van der Waals surface area contributed by atoms with Gasteiger partial charge in [-0.2, -0.15) is 0 Å². The molecule has 0 aliphatic carbocycles. The van der Waals surface area contributed by atoms with Gasteiger partial charge in [-0.05, 0) is 43.2 Å². The van der Waals surface area contributed by atoms with E-state index < -0.39 is 0 Å². The van der Waals surface area contributed by atoms with Crippen LogP contribution in [0.4, 0.5) is 5.69 Å². The standard InChI is InChI=1S/C22H26N2O3/c1-17-2-4-18(5-3-17)6-11-22(26)23-16-21(25)19-7-9-20(10-8-19)24-12-14-27-15-13-24/h2-5,7-10H,6,11-16H2,1H3,(H,23,26). The predicted molar refractivity (Wildman–Crippen MR) is 106 cm³/mol. The molecule has 142 valence electrons. The average Bonchev–Trinajstić information content (AvgIpc) is 2.72. The van der Waals surface area contributed by atoms with Gasteiger partial charge >= 0.3 is 0 Å². The molecule has 5 heteroatoms. The van der Waals surface area contributed by atoms with E-state index in [1.54, 1.807) is 0 Å². The van der Waals surface area contributed by atoms with E-state index in [0.717, 1.165) is 37.6 Å². The Morgan fingerprint density at radius 1 is 1.00 bits per heavy atom. The molecule has 1 heterocycles. The molecule has 3 rings (SSSR count). The van der Waals surface area contributed by atoms with Gasteiger partial charge in [0, 0.05) is 30.8 Å². The smallest absolute Gasteiger partial charge is 0.220 e. The fraction of sp³-hybridized carbons (Fsp3) is 0.364. The monoisotopic (exact) mass is 366 g/mol. The first-order valence-corrected chi connectivity index (χ1v) is 9.40. The third-order valence-electron chi connectivity index (χ3n) is 4.77. The second-order valence-corrected chi connectivity index (χ2v) is 6.83. The number of rotatable bonds is 7. The van der Waals surface area contributed by atoms with E-state index in [1.807, 2.05) is 55.5 Å². The van der Waals surface area contributed by atoms with Crippen LogP contribution in [-0.2, 0) is 16.0 Å². The number of hydrogen-bond acceptors (Lipinski definition) is 4. The van der Waals surface area contributed by atoms with E-state index in [-0.39, 0.29) is 18.2 Å². The molecule has 1 saturated heterocycles. The Labute approximate surface area is 160 Å². The number of hydrogen-bond donors (Lipinski definition) is 1. The first kappa shape index (κ1) is 19.1. The number of amides is 1. The quantitative estimate of drug-likeness (QED) is 0.766. The molecule has 0 bridgehead atoms. The largest absolute Gasteiger partial charge is 0.378 e. The first-order chi connectivity index (χ1) is 13.1. The number of morpholine rings is 1. The van der Waals surface area contributed by atoms with Gasteiger partial charge in [0.25, 0.3) is 0 Å². The first-order valence-electron chi connectivity index (χ1n) is 9.40. The van der Waals surface area contributed by atoms with Crippen molar-refractivity contribution in [3.8, 4) is 0 Å². The van der Waals surface area contributed by atoms with Crippen molar-refractivity contribution in [2.45, 2.75) is 19.8 Å². The summed E-state index contributed by atoms with van der Waals surface area (Å²) in [5, 5.41) is 2.73. The molecule has 0 radical (unpaired) electrons. The van der Waals surface area contributed by atoms with Crippen LogP contribution in [0.3, 0.4) is 0 Å². The normalized spacial score (nSPS) is 14.0. The van der Waals surface area contributed by atoms with E-state index >= 15 is 0 Å². The van der Waals surface area contributed by atoms with Crippen molar-refractivity contribution in [1.29, 1.82) is 0 Å². The Hall–Kier alpha value is -2.66. The summed E-state index contributed by atoms with van der Waals surface area (Å²) in [6.45, 7) is 5.26. The Kier molecular flexibility index (Phi) is 6.60. The van der Waals surface area contributed by atoms with Gasteiger partial charge in [-0.3, -0.25) is 9.59 Å². The summed E-state index contributed by atoms with van der Waals surface area (Å²) in [5.41, 5.74) is 4.04. The van der Waals surface area contributed by atoms with Crippen molar-refractivity contribution in [1.82, 2.24) is 5.32 Å². The Bertz CT molecular complexity index is 763. The summed E-state index contributed by atoms with van der Waals surface area (Å²) in [6, 6.07) is 15.7. The zero-order valence-corrected chi connectivity index (χ0v) is 15.7. The number of nitrogens with zero attached hydrogens (tertiary/aromatic N) is 1. The summed E-state index contributed by atoms with van der Waals surface area (Å²) < 4.78 is 5.35. The maximum absolute atomic E-state index is 12.3. The number of carbonyl (C=O) groups is 2. The van der Waals surface area contributed by atoms with E-state index in [4.69, 9.17) is 4.74 Å². The molecule has 1 fully saturated rings. The molecule has 1 N–H and O–H groups in total. The van der Waals surface area contributed by atoms with Crippen molar-refractivity contribution in [2.75, 3.05) is 37.7 Å². The van der Waals surface area contributed by atoms with Crippen LogP contribution in [0.1, 0.15) is 27.9 Å².